The monoisotopic (exact) mass is 341 g/mol. The van der Waals surface area contributed by atoms with Crippen LogP contribution in [0, 0.1) is 0 Å². The van der Waals surface area contributed by atoms with Crippen molar-refractivity contribution in [3.63, 3.8) is 0 Å². The number of guanidine groups is 1. The van der Waals surface area contributed by atoms with E-state index in [4.69, 9.17) is 4.74 Å². The lowest BCUT2D eigenvalue weighted by molar-refractivity contribution is 0.0243. The Morgan fingerprint density at radius 1 is 1.32 bits per heavy atom. The van der Waals surface area contributed by atoms with Crippen molar-refractivity contribution in [3.05, 3.63) is 48.3 Å². The first-order valence-electron chi connectivity index (χ1n) is 8.94. The number of aromatic nitrogens is 2. The molecule has 134 valence electrons. The van der Waals surface area contributed by atoms with Crippen molar-refractivity contribution in [1.29, 1.82) is 0 Å². The summed E-state index contributed by atoms with van der Waals surface area (Å²) in [5.41, 5.74) is 2.03. The molecule has 6 nitrogen and oxygen atoms in total. The van der Waals surface area contributed by atoms with E-state index in [0.717, 1.165) is 49.7 Å². The number of nitrogens with one attached hydrogen (secondary N) is 2. The van der Waals surface area contributed by atoms with E-state index in [1.54, 1.807) is 0 Å². The summed E-state index contributed by atoms with van der Waals surface area (Å²) < 4.78 is 7.70. The van der Waals surface area contributed by atoms with Crippen molar-refractivity contribution < 1.29 is 4.74 Å². The molecule has 0 amide bonds. The second-order valence-electron chi connectivity index (χ2n) is 6.58. The van der Waals surface area contributed by atoms with Gasteiger partial charge in [0, 0.05) is 31.5 Å². The van der Waals surface area contributed by atoms with Crippen LogP contribution >= 0.6 is 0 Å². The van der Waals surface area contributed by atoms with Gasteiger partial charge in [-0.05, 0) is 38.8 Å². The third kappa shape index (κ3) is 4.82. The Balaban J connectivity index is 1.60. The van der Waals surface area contributed by atoms with Crippen LogP contribution in [-0.4, -0.2) is 41.0 Å². The fourth-order valence-electron chi connectivity index (χ4n) is 2.92. The molecule has 1 fully saturated rings. The number of hydrogen-bond donors (Lipinski definition) is 2. The van der Waals surface area contributed by atoms with Gasteiger partial charge >= 0.3 is 0 Å². The lowest BCUT2D eigenvalue weighted by Gasteiger charge is -2.24. The van der Waals surface area contributed by atoms with Gasteiger partial charge in [-0.15, -0.1) is 0 Å². The van der Waals surface area contributed by atoms with E-state index in [0.29, 0.717) is 6.54 Å². The maximum absolute atomic E-state index is 5.83. The van der Waals surface area contributed by atoms with E-state index in [1.165, 1.54) is 0 Å². The Morgan fingerprint density at radius 2 is 2.16 bits per heavy atom. The van der Waals surface area contributed by atoms with Crippen molar-refractivity contribution in [2.75, 3.05) is 19.7 Å². The van der Waals surface area contributed by atoms with Gasteiger partial charge in [0.2, 0.25) is 0 Å². The molecule has 1 aliphatic heterocycles. The summed E-state index contributed by atoms with van der Waals surface area (Å²) in [6, 6.07) is 10.1. The summed E-state index contributed by atoms with van der Waals surface area (Å²) in [6.45, 7) is 7.25. The largest absolute Gasteiger partial charge is 0.373 e. The quantitative estimate of drug-likeness (QED) is 0.626. The summed E-state index contributed by atoms with van der Waals surface area (Å²) in [7, 11) is 0. The highest BCUT2D eigenvalue weighted by molar-refractivity contribution is 5.79. The van der Waals surface area contributed by atoms with Crippen LogP contribution < -0.4 is 10.6 Å². The molecule has 0 aliphatic carbocycles. The van der Waals surface area contributed by atoms with Crippen LogP contribution in [-0.2, 0) is 11.3 Å². The molecule has 25 heavy (non-hydrogen) atoms. The SMILES string of the molecule is CCNC(=NCc1cnn(-c2ccccc2)c1)NCC1(C)CCCO1. The van der Waals surface area contributed by atoms with Gasteiger partial charge in [-0.1, -0.05) is 18.2 Å². The maximum atomic E-state index is 5.83. The Bertz CT molecular complexity index is 689. The van der Waals surface area contributed by atoms with Crippen molar-refractivity contribution in [2.45, 2.75) is 38.8 Å². The summed E-state index contributed by atoms with van der Waals surface area (Å²) in [4.78, 5) is 4.67. The molecule has 1 unspecified atom stereocenters. The molecule has 6 heteroatoms. The summed E-state index contributed by atoms with van der Waals surface area (Å²) in [6.07, 6.45) is 6.10. The molecular weight excluding hydrogens is 314 g/mol. The van der Waals surface area contributed by atoms with Crippen LogP contribution in [0.2, 0.25) is 0 Å². The number of para-hydroxylation sites is 1. The minimum absolute atomic E-state index is 0.0889. The molecule has 1 aromatic heterocycles. The van der Waals surface area contributed by atoms with Gasteiger partial charge in [0.05, 0.1) is 24.0 Å². The van der Waals surface area contributed by atoms with Gasteiger partial charge in [-0.25, -0.2) is 9.67 Å². The first kappa shape index (κ1) is 17.5. The lowest BCUT2D eigenvalue weighted by atomic mass is 10.0. The van der Waals surface area contributed by atoms with E-state index in [1.807, 2.05) is 47.4 Å². The van der Waals surface area contributed by atoms with Crippen LogP contribution in [0.4, 0.5) is 0 Å². The molecule has 1 atom stereocenters. The van der Waals surface area contributed by atoms with Crippen LogP contribution in [0.25, 0.3) is 5.69 Å². The Morgan fingerprint density at radius 3 is 2.88 bits per heavy atom. The second kappa shape index (κ2) is 8.16. The van der Waals surface area contributed by atoms with Crippen molar-refractivity contribution in [3.8, 4) is 5.69 Å². The average molecular weight is 341 g/mol. The van der Waals surface area contributed by atoms with E-state index >= 15 is 0 Å². The first-order valence-corrected chi connectivity index (χ1v) is 8.94. The highest BCUT2D eigenvalue weighted by Crippen LogP contribution is 2.23. The zero-order chi connectivity index (χ0) is 17.5. The van der Waals surface area contributed by atoms with Gasteiger partial charge < -0.3 is 15.4 Å². The predicted octanol–water partition coefficient (Wildman–Crippen LogP) is 2.50. The molecule has 0 bridgehead atoms. The van der Waals surface area contributed by atoms with Gasteiger partial charge in [0.1, 0.15) is 0 Å². The smallest absolute Gasteiger partial charge is 0.191 e. The standard InChI is InChI=1S/C19H27N5O/c1-3-20-18(22-15-19(2)10-7-11-25-19)21-12-16-13-23-24(14-16)17-8-5-4-6-9-17/h4-6,8-9,13-14H,3,7,10-12,15H2,1-2H3,(H2,20,21,22). The molecule has 3 rings (SSSR count). The van der Waals surface area contributed by atoms with Gasteiger partial charge in [0.15, 0.2) is 5.96 Å². The predicted molar refractivity (Wildman–Crippen MR) is 100.0 cm³/mol. The fraction of sp³-hybridized carbons (Fsp3) is 0.474. The number of rotatable bonds is 6. The molecule has 0 radical (unpaired) electrons. The fourth-order valence-corrected chi connectivity index (χ4v) is 2.92. The van der Waals surface area contributed by atoms with Gasteiger partial charge in [-0.3, -0.25) is 0 Å². The van der Waals surface area contributed by atoms with Crippen LogP contribution in [0.5, 0.6) is 0 Å². The number of hydrogen-bond acceptors (Lipinski definition) is 3. The van der Waals surface area contributed by atoms with Crippen molar-refractivity contribution in [2.24, 2.45) is 4.99 Å². The maximum Gasteiger partial charge on any atom is 0.191 e. The zero-order valence-electron chi connectivity index (χ0n) is 15.0. The van der Waals surface area contributed by atoms with Crippen molar-refractivity contribution in [1.82, 2.24) is 20.4 Å². The van der Waals surface area contributed by atoms with Crippen LogP contribution in [0.15, 0.2) is 47.7 Å². The second-order valence-corrected chi connectivity index (χ2v) is 6.58. The summed E-state index contributed by atoms with van der Waals surface area (Å²) in [5.74, 6) is 0.812. The normalized spacial score (nSPS) is 20.6. The van der Waals surface area contributed by atoms with Crippen molar-refractivity contribution >= 4 is 5.96 Å². The Hall–Kier alpha value is -2.34. The van der Waals surface area contributed by atoms with Crippen LogP contribution in [0.3, 0.4) is 0 Å². The van der Waals surface area contributed by atoms with Gasteiger partial charge in [-0.2, -0.15) is 5.10 Å². The van der Waals surface area contributed by atoms with E-state index < -0.39 is 0 Å². The molecule has 1 aliphatic rings. The van der Waals surface area contributed by atoms with Crippen LogP contribution in [0.1, 0.15) is 32.3 Å². The Labute approximate surface area is 149 Å². The molecular formula is C19H27N5O. The van der Waals surface area contributed by atoms with E-state index in [9.17, 15) is 0 Å². The number of ether oxygens (including phenoxy) is 1. The van der Waals surface area contributed by atoms with Gasteiger partial charge in [0.25, 0.3) is 0 Å². The molecule has 1 aromatic carbocycles. The molecule has 2 heterocycles. The third-order valence-corrected chi connectivity index (χ3v) is 4.35. The number of aliphatic imine (C=N–C) groups is 1. The highest BCUT2D eigenvalue weighted by atomic mass is 16.5. The molecule has 2 aromatic rings. The third-order valence-electron chi connectivity index (χ3n) is 4.35. The molecule has 1 saturated heterocycles. The van der Waals surface area contributed by atoms with E-state index in [-0.39, 0.29) is 5.60 Å². The lowest BCUT2D eigenvalue weighted by Crippen LogP contribution is -2.45. The molecule has 0 saturated carbocycles. The minimum Gasteiger partial charge on any atom is -0.373 e. The molecule has 0 spiro atoms. The number of benzene rings is 1. The minimum atomic E-state index is -0.0889. The Kier molecular flexibility index (Phi) is 5.71. The zero-order valence-corrected chi connectivity index (χ0v) is 15.0. The number of nitrogens with zero attached hydrogens (tertiary/aromatic N) is 3. The topological polar surface area (TPSA) is 63.5 Å². The molecule has 2 N–H and O–H groups in total. The average Bonchev–Trinajstić information content (AvgIpc) is 3.28. The first-order chi connectivity index (χ1) is 12.2. The summed E-state index contributed by atoms with van der Waals surface area (Å²) in [5, 5.41) is 11.1. The highest BCUT2D eigenvalue weighted by Gasteiger charge is 2.29. The summed E-state index contributed by atoms with van der Waals surface area (Å²) >= 11 is 0. The van der Waals surface area contributed by atoms with E-state index in [2.05, 4.69) is 34.6 Å².